The molecule has 1 amide bonds. The number of carboxylic acids is 1. The van der Waals surface area contributed by atoms with Gasteiger partial charge < -0.3 is 19.5 Å². The lowest BCUT2D eigenvalue weighted by Crippen LogP contribution is -2.49. The van der Waals surface area contributed by atoms with Crippen molar-refractivity contribution in [1.29, 1.82) is 0 Å². The summed E-state index contributed by atoms with van der Waals surface area (Å²) in [6.07, 6.45) is -0.225. The molecule has 8 nitrogen and oxygen atoms in total. The van der Waals surface area contributed by atoms with E-state index in [0.717, 1.165) is 16.7 Å². The zero-order valence-electron chi connectivity index (χ0n) is 15.4. The van der Waals surface area contributed by atoms with Gasteiger partial charge in [-0.15, -0.1) is 0 Å². The fourth-order valence-corrected chi connectivity index (χ4v) is 3.17. The first-order valence-electron chi connectivity index (χ1n) is 8.72. The maximum Gasteiger partial charge on any atom is 0.317 e. The zero-order valence-corrected chi connectivity index (χ0v) is 15.4. The molecule has 1 saturated heterocycles. The fourth-order valence-electron chi connectivity index (χ4n) is 3.17. The van der Waals surface area contributed by atoms with E-state index in [1.54, 1.807) is 30.0 Å². The van der Waals surface area contributed by atoms with E-state index in [-0.39, 0.29) is 18.6 Å². The van der Waals surface area contributed by atoms with Crippen LogP contribution < -0.4 is 4.74 Å². The van der Waals surface area contributed by atoms with Crippen molar-refractivity contribution in [2.24, 2.45) is 0 Å². The highest BCUT2D eigenvalue weighted by Crippen LogP contribution is 2.20. The second-order valence-electron chi connectivity index (χ2n) is 6.59. The number of carboxylic acid groups (broad SMARTS) is 1. The molecule has 2 aromatic rings. The van der Waals surface area contributed by atoms with E-state index in [9.17, 15) is 9.59 Å². The number of nitrogens with zero attached hydrogens (tertiary/aromatic N) is 3. The predicted octanol–water partition coefficient (Wildman–Crippen LogP) is 1.10. The van der Waals surface area contributed by atoms with Crippen LogP contribution in [0, 0.1) is 0 Å². The number of morpholine rings is 1. The first kappa shape index (κ1) is 19.1. The summed E-state index contributed by atoms with van der Waals surface area (Å²) in [5.41, 5.74) is 1.11. The summed E-state index contributed by atoms with van der Waals surface area (Å²) >= 11 is 0. The minimum atomic E-state index is -0.891. The van der Waals surface area contributed by atoms with Gasteiger partial charge in [-0.05, 0) is 31.3 Å². The quantitative estimate of drug-likeness (QED) is 0.811. The number of likely N-dealkylation sites (N-methyl/N-ethyl adjacent to an activating group) is 1. The SMILES string of the molecule is COc1ccc2nc(C(=O)N3CCOC(CN(C)CC(=O)O)C3)ccc2c1. The third kappa shape index (κ3) is 4.72. The van der Waals surface area contributed by atoms with Crippen LogP contribution in [-0.4, -0.2) is 84.8 Å². The van der Waals surface area contributed by atoms with Gasteiger partial charge in [0.15, 0.2) is 0 Å². The Morgan fingerprint density at radius 3 is 2.93 bits per heavy atom. The first-order valence-corrected chi connectivity index (χ1v) is 8.72. The van der Waals surface area contributed by atoms with Gasteiger partial charge in [-0.1, -0.05) is 6.07 Å². The molecule has 1 fully saturated rings. The molecule has 1 atom stereocenters. The molecule has 8 heteroatoms. The average molecular weight is 373 g/mol. The van der Waals surface area contributed by atoms with Crippen LogP contribution in [0.15, 0.2) is 30.3 Å². The number of rotatable bonds is 6. The van der Waals surface area contributed by atoms with Crippen LogP contribution in [0.4, 0.5) is 0 Å². The standard InChI is InChI=1S/C19H23N3O5/c1-21(12-18(23)24)10-15-11-22(7-8-27-15)19(25)17-5-3-13-9-14(26-2)4-6-16(13)20-17/h3-6,9,15H,7-8,10-12H2,1-2H3,(H,23,24). The number of aromatic nitrogens is 1. The molecule has 1 unspecified atom stereocenters. The minimum absolute atomic E-state index is 0.0660. The molecule has 2 heterocycles. The van der Waals surface area contributed by atoms with Crippen LogP contribution in [0.25, 0.3) is 10.9 Å². The summed E-state index contributed by atoms with van der Waals surface area (Å²) in [7, 11) is 3.33. The molecule has 1 aliphatic rings. The summed E-state index contributed by atoms with van der Waals surface area (Å²) < 4.78 is 10.9. The molecule has 0 radical (unpaired) electrons. The van der Waals surface area contributed by atoms with Gasteiger partial charge in [0.1, 0.15) is 11.4 Å². The van der Waals surface area contributed by atoms with E-state index in [2.05, 4.69) is 4.98 Å². The molecular formula is C19H23N3O5. The van der Waals surface area contributed by atoms with Crippen molar-refractivity contribution in [2.45, 2.75) is 6.10 Å². The molecule has 144 valence electrons. The molecule has 1 aromatic carbocycles. The molecule has 3 rings (SSSR count). The molecule has 0 aliphatic carbocycles. The Bertz CT molecular complexity index is 841. The van der Waals surface area contributed by atoms with Gasteiger partial charge >= 0.3 is 5.97 Å². The lowest BCUT2D eigenvalue weighted by Gasteiger charge is -2.34. The van der Waals surface area contributed by atoms with Crippen molar-refractivity contribution in [1.82, 2.24) is 14.8 Å². The molecule has 0 bridgehead atoms. The van der Waals surface area contributed by atoms with Gasteiger partial charge in [-0.25, -0.2) is 4.98 Å². The Kier molecular flexibility index (Phi) is 5.88. The van der Waals surface area contributed by atoms with Crippen molar-refractivity contribution >= 4 is 22.8 Å². The van der Waals surface area contributed by atoms with Crippen molar-refractivity contribution in [2.75, 3.05) is 46.9 Å². The minimum Gasteiger partial charge on any atom is -0.497 e. The first-order chi connectivity index (χ1) is 13.0. The number of fused-ring (bicyclic) bond motifs is 1. The molecule has 27 heavy (non-hydrogen) atoms. The third-order valence-electron chi connectivity index (χ3n) is 4.46. The topological polar surface area (TPSA) is 92.2 Å². The normalized spacial score (nSPS) is 17.3. The van der Waals surface area contributed by atoms with Crippen molar-refractivity contribution in [3.8, 4) is 5.75 Å². The van der Waals surface area contributed by atoms with E-state index >= 15 is 0 Å². The second kappa shape index (κ2) is 8.32. The van der Waals surface area contributed by atoms with Crippen LogP contribution in [0.2, 0.25) is 0 Å². The van der Waals surface area contributed by atoms with Gasteiger partial charge in [0.25, 0.3) is 5.91 Å². The van der Waals surface area contributed by atoms with E-state index < -0.39 is 5.97 Å². The van der Waals surface area contributed by atoms with Crippen LogP contribution in [0.3, 0.4) is 0 Å². The number of carbonyl (C=O) groups is 2. The van der Waals surface area contributed by atoms with Crippen molar-refractivity contribution < 1.29 is 24.2 Å². The number of aliphatic carboxylic acids is 1. The number of pyridine rings is 1. The molecule has 1 N–H and O–H groups in total. The van der Waals surface area contributed by atoms with Gasteiger partial charge in [0, 0.05) is 25.0 Å². The molecular weight excluding hydrogens is 350 g/mol. The Labute approximate surface area is 157 Å². The van der Waals surface area contributed by atoms with Crippen LogP contribution in [0.5, 0.6) is 5.75 Å². The summed E-state index contributed by atoms with van der Waals surface area (Å²) in [5, 5.41) is 9.76. The van der Waals surface area contributed by atoms with E-state index in [1.807, 2.05) is 24.3 Å². The number of amides is 1. The number of ether oxygens (including phenoxy) is 2. The number of hydrogen-bond donors (Lipinski definition) is 1. The molecule has 0 spiro atoms. The highest BCUT2D eigenvalue weighted by Gasteiger charge is 2.27. The fraction of sp³-hybridized carbons (Fsp3) is 0.421. The molecule has 1 aromatic heterocycles. The van der Waals surface area contributed by atoms with Crippen LogP contribution >= 0.6 is 0 Å². The second-order valence-corrected chi connectivity index (χ2v) is 6.59. The zero-order chi connectivity index (χ0) is 19.4. The summed E-state index contributed by atoms with van der Waals surface area (Å²) in [6.45, 7) is 1.69. The maximum atomic E-state index is 12.9. The number of carbonyl (C=O) groups excluding carboxylic acids is 1. The maximum absolute atomic E-state index is 12.9. The summed E-state index contributed by atoms with van der Waals surface area (Å²) in [4.78, 5) is 31.5. The number of hydrogen-bond acceptors (Lipinski definition) is 6. The van der Waals surface area contributed by atoms with Gasteiger partial charge in [-0.3, -0.25) is 14.5 Å². The molecule has 1 aliphatic heterocycles. The average Bonchev–Trinajstić information content (AvgIpc) is 2.66. The van der Waals surface area contributed by atoms with E-state index in [0.29, 0.717) is 31.9 Å². The highest BCUT2D eigenvalue weighted by molar-refractivity contribution is 5.95. The number of benzene rings is 1. The van der Waals surface area contributed by atoms with E-state index in [1.165, 1.54) is 0 Å². The Hall–Kier alpha value is -2.71. The van der Waals surface area contributed by atoms with Gasteiger partial charge in [-0.2, -0.15) is 0 Å². The number of methoxy groups -OCH3 is 1. The largest absolute Gasteiger partial charge is 0.497 e. The van der Waals surface area contributed by atoms with E-state index in [4.69, 9.17) is 14.6 Å². The Balaban J connectivity index is 1.69. The van der Waals surface area contributed by atoms with Gasteiger partial charge in [0.2, 0.25) is 0 Å². The van der Waals surface area contributed by atoms with Crippen LogP contribution in [0.1, 0.15) is 10.5 Å². The Morgan fingerprint density at radius 2 is 2.19 bits per heavy atom. The van der Waals surface area contributed by atoms with Gasteiger partial charge in [0.05, 0.1) is 31.9 Å². The predicted molar refractivity (Wildman–Crippen MR) is 99.1 cm³/mol. The summed E-state index contributed by atoms with van der Waals surface area (Å²) in [5.74, 6) is -0.301. The highest BCUT2D eigenvalue weighted by atomic mass is 16.5. The van der Waals surface area contributed by atoms with Crippen LogP contribution in [-0.2, 0) is 9.53 Å². The van der Waals surface area contributed by atoms with Crippen molar-refractivity contribution in [3.63, 3.8) is 0 Å². The molecule has 0 saturated carbocycles. The smallest absolute Gasteiger partial charge is 0.317 e. The third-order valence-corrected chi connectivity index (χ3v) is 4.46. The monoisotopic (exact) mass is 373 g/mol. The van der Waals surface area contributed by atoms with Crippen molar-refractivity contribution in [3.05, 3.63) is 36.0 Å². The summed E-state index contributed by atoms with van der Waals surface area (Å²) in [6, 6.07) is 9.09. The Morgan fingerprint density at radius 1 is 1.37 bits per heavy atom. The lowest BCUT2D eigenvalue weighted by atomic mass is 10.1. The lowest BCUT2D eigenvalue weighted by molar-refractivity contribution is -0.138.